The Labute approximate surface area is 101 Å². The quantitative estimate of drug-likeness (QED) is 0.663. The predicted octanol–water partition coefficient (Wildman–Crippen LogP) is 4.73. The number of hydrogen-bond acceptors (Lipinski definition) is 1. The zero-order valence-electron chi connectivity index (χ0n) is 11.5. The lowest BCUT2D eigenvalue weighted by Gasteiger charge is -2.23. The van der Waals surface area contributed by atoms with Crippen molar-refractivity contribution in [2.45, 2.75) is 53.5 Å². The van der Waals surface area contributed by atoms with E-state index in [0.29, 0.717) is 0 Å². The summed E-state index contributed by atoms with van der Waals surface area (Å²) in [7, 11) is 0. The summed E-state index contributed by atoms with van der Waals surface area (Å²) in [5, 5.41) is 0. The van der Waals surface area contributed by atoms with Gasteiger partial charge in [-0.3, -0.25) is 0 Å². The number of hydrogen-bond donors (Lipinski definition) is 0. The van der Waals surface area contributed by atoms with E-state index in [4.69, 9.17) is 0 Å². The standard InChI is InChI=1S/C11H15N.2C2H6/c1-10-6-5-9-12(10)11-7-3-2-4-8-11;2*1-2/h2-4,7-8,10H,5-6,9H2,1H3;2*1-2H3. The normalized spacial score (nSPS) is 18.1. The Morgan fingerprint density at radius 1 is 1.00 bits per heavy atom. The van der Waals surface area contributed by atoms with Gasteiger partial charge in [-0.15, -0.1) is 0 Å². The van der Waals surface area contributed by atoms with Crippen molar-refractivity contribution in [1.29, 1.82) is 0 Å². The second kappa shape index (κ2) is 9.26. The molecule has 1 fully saturated rings. The molecule has 0 aromatic heterocycles. The predicted molar refractivity (Wildman–Crippen MR) is 75.2 cm³/mol. The number of para-hydroxylation sites is 1. The van der Waals surface area contributed by atoms with Crippen molar-refractivity contribution >= 4 is 5.69 Å². The molecule has 1 atom stereocenters. The average molecular weight is 221 g/mol. The van der Waals surface area contributed by atoms with Crippen LogP contribution in [0.2, 0.25) is 0 Å². The third-order valence-electron chi connectivity index (χ3n) is 2.64. The van der Waals surface area contributed by atoms with Crippen LogP contribution in [0.3, 0.4) is 0 Å². The summed E-state index contributed by atoms with van der Waals surface area (Å²) in [6.45, 7) is 11.5. The van der Waals surface area contributed by atoms with Crippen molar-refractivity contribution in [2.75, 3.05) is 11.4 Å². The zero-order valence-corrected chi connectivity index (χ0v) is 11.5. The van der Waals surface area contributed by atoms with Crippen LogP contribution in [0.5, 0.6) is 0 Å². The second-order valence-corrected chi connectivity index (χ2v) is 3.52. The van der Waals surface area contributed by atoms with Crippen molar-refractivity contribution < 1.29 is 0 Å². The summed E-state index contributed by atoms with van der Waals surface area (Å²) >= 11 is 0. The molecule has 0 saturated carbocycles. The summed E-state index contributed by atoms with van der Waals surface area (Å²) in [5.74, 6) is 0. The van der Waals surface area contributed by atoms with E-state index >= 15 is 0 Å². The topological polar surface area (TPSA) is 3.24 Å². The molecule has 1 saturated heterocycles. The Morgan fingerprint density at radius 3 is 2.00 bits per heavy atom. The van der Waals surface area contributed by atoms with Crippen molar-refractivity contribution in [3.05, 3.63) is 30.3 Å². The summed E-state index contributed by atoms with van der Waals surface area (Å²) in [5.41, 5.74) is 1.38. The zero-order chi connectivity index (χ0) is 12.4. The van der Waals surface area contributed by atoms with Crippen LogP contribution in [0, 0.1) is 0 Å². The van der Waals surface area contributed by atoms with Crippen LogP contribution in [0.1, 0.15) is 47.5 Å². The highest BCUT2D eigenvalue weighted by Gasteiger charge is 2.19. The molecule has 1 heteroatoms. The van der Waals surface area contributed by atoms with Crippen LogP contribution in [-0.4, -0.2) is 12.6 Å². The average Bonchev–Trinajstić information content (AvgIpc) is 2.82. The molecule has 92 valence electrons. The molecule has 2 rings (SSSR count). The van der Waals surface area contributed by atoms with Gasteiger partial charge >= 0.3 is 0 Å². The Morgan fingerprint density at radius 2 is 1.56 bits per heavy atom. The maximum absolute atomic E-state index is 2.49. The lowest BCUT2D eigenvalue weighted by molar-refractivity contribution is 0.735. The summed E-state index contributed by atoms with van der Waals surface area (Å²) in [6, 6.07) is 11.4. The molecule has 1 aliphatic rings. The van der Waals surface area contributed by atoms with Gasteiger partial charge in [-0.25, -0.2) is 0 Å². The van der Waals surface area contributed by atoms with Crippen molar-refractivity contribution in [2.24, 2.45) is 0 Å². The van der Waals surface area contributed by atoms with E-state index in [9.17, 15) is 0 Å². The summed E-state index contributed by atoms with van der Waals surface area (Å²) in [6.07, 6.45) is 2.69. The Bertz CT molecular complexity index is 243. The van der Waals surface area contributed by atoms with Crippen molar-refractivity contribution in [3.8, 4) is 0 Å². The molecule has 0 spiro atoms. The van der Waals surface area contributed by atoms with Gasteiger partial charge in [-0.2, -0.15) is 0 Å². The highest BCUT2D eigenvalue weighted by molar-refractivity contribution is 5.47. The summed E-state index contributed by atoms with van der Waals surface area (Å²) in [4.78, 5) is 2.49. The van der Waals surface area contributed by atoms with Gasteiger partial charge in [-0.05, 0) is 31.9 Å². The highest BCUT2D eigenvalue weighted by atomic mass is 15.2. The Hall–Kier alpha value is -0.980. The van der Waals surface area contributed by atoms with Gasteiger partial charge in [0.1, 0.15) is 0 Å². The molecule has 0 amide bonds. The first-order chi connectivity index (χ1) is 7.88. The SMILES string of the molecule is CC.CC.CC1CCCN1c1ccccc1. The number of rotatable bonds is 1. The van der Waals surface area contributed by atoms with Gasteiger partial charge < -0.3 is 4.90 Å². The van der Waals surface area contributed by atoms with Crippen molar-refractivity contribution in [1.82, 2.24) is 0 Å². The van der Waals surface area contributed by atoms with Gasteiger partial charge in [0.15, 0.2) is 0 Å². The van der Waals surface area contributed by atoms with E-state index in [1.807, 2.05) is 27.7 Å². The van der Waals surface area contributed by atoms with Gasteiger partial charge in [0.2, 0.25) is 0 Å². The molecular weight excluding hydrogens is 194 g/mol. The monoisotopic (exact) mass is 221 g/mol. The smallest absolute Gasteiger partial charge is 0.0368 e. The first-order valence-corrected chi connectivity index (χ1v) is 6.69. The van der Waals surface area contributed by atoms with Crippen molar-refractivity contribution in [3.63, 3.8) is 0 Å². The maximum atomic E-state index is 2.49. The second-order valence-electron chi connectivity index (χ2n) is 3.52. The van der Waals surface area contributed by atoms with E-state index in [-0.39, 0.29) is 0 Å². The minimum atomic E-state index is 0.729. The van der Waals surface area contributed by atoms with Gasteiger partial charge in [0.05, 0.1) is 0 Å². The molecule has 1 aliphatic heterocycles. The first kappa shape index (κ1) is 15.0. The van der Waals surface area contributed by atoms with Gasteiger partial charge in [0.25, 0.3) is 0 Å². The first-order valence-electron chi connectivity index (χ1n) is 6.69. The van der Waals surface area contributed by atoms with E-state index in [0.717, 1.165) is 6.04 Å². The molecular formula is C15H27N. The molecule has 0 bridgehead atoms. The van der Waals surface area contributed by atoms with E-state index < -0.39 is 0 Å². The minimum Gasteiger partial charge on any atom is -0.369 e. The third-order valence-corrected chi connectivity index (χ3v) is 2.64. The number of nitrogens with zero attached hydrogens (tertiary/aromatic N) is 1. The summed E-state index contributed by atoms with van der Waals surface area (Å²) < 4.78 is 0. The minimum absolute atomic E-state index is 0.729. The molecule has 1 aromatic rings. The fourth-order valence-corrected chi connectivity index (χ4v) is 1.94. The Kier molecular flexibility index (Phi) is 8.69. The van der Waals surface area contributed by atoms with Crippen LogP contribution >= 0.6 is 0 Å². The molecule has 0 radical (unpaired) electrons. The van der Waals surface area contributed by atoms with Crippen LogP contribution in [0.15, 0.2) is 30.3 Å². The van der Waals surface area contributed by atoms with Crippen LogP contribution in [0.25, 0.3) is 0 Å². The molecule has 16 heavy (non-hydrogen) atoms. The van der Waals surface area contributed by atoms with E-state index in [2.05, 4.69) is 42.2 Å². The fraction of sp³-hybridized carbons (Fsp3) is 0.600. The van der Waals surface area contributed by atoms with Crippen LogP contribution < -0.4 is 4.90 Å². The van der Waals surface area contributed by atoms with Gasteiger partial charge in [-0.1, -0.05) is 45.9 Å². The molecule has 0 aliphatic carbocycles. The molecule has 1 heterocycles. The maximum Gasteiger partial charge on any atom is 0.0368 e. The fourth-order valence-electron chi connectivity index (χ4n) is 1.94. The molecule has 1 nitrogen and oxygen atoms in total. The molecule has 1 unspecified atom stereocenters. The largest absolute Gasteiger partial charge is 0.369 e. The van der Waals surface area contributed by atoms with E-state index in [1.165, 1.54) is 25.1 Å². The lowest BCUT2D eigenvalue weighted by Crippen LogP contribution is -2.25. The third kappa shape index (κ3) is 4.26. The van der Waals surface area contributed by atoms with Crippen LogP contribution in [-0.2, 0) is 0 Å². The number of benzene rings is 1. The lowest BCUT2D eigenvalue weighted by atomic mass is 10.2. The molecule has 0 N–H and O–H groups in total. The Balaban J connectivity index is 0.000000509. The molecule has 1 aromatic carbocycles. The van der Waals surface area contributed by atoms with E-state index in [1.54, 1.807) is 0 Å². The van der Waals surface area contributed by atoms with Gasteiger partial charge in [0, 0.05) is 18.3 Å². The highest BCUT2D eigenvalue weighted by Crippen LogP contribution is 2.24. The van der Waals surface area contributed by atoms with Crippen LogP contribution in [0.4, 0.5) is 5.69 Å². The number of anilines is 1.